The van der Waals surface area contributed by atoms with Crippen molar-refractivity contribution in [1.29, 1.82) is 0 Å². The standard InChI is InChI=1S/C19H21NO3/c21-18(20-16-9-2-3-10-16)13-23-19(22)12-15-8-5-7-14-6-1-4-11-17(14)15/h1,4-8,11,16H,2-3,9-10,12-13H2,(H,20,21). The molecular formula is C19H21NO3. The van der Waals surface area contributed by atoms with E-state index in [2.05, 4.69) is 5.32 Å². The van der Waals surface area contributed by atoms with Crippen LogP contribution in [0.25, 0.3) is 10.8 Å². The number of carbonyl (C=O) groups is 2. The van der Waals surface area contributed by atoms with E-state index in [-0.39, 0.29) is 30.9 Å². The Bertz CT molecular complexity index is 699. The van der Waals surface area contributed by atoms with Crippen molar-refractivity contribution in [2.75, 3.05) is 6.61 Å². The lowest BCUT2D eigenvalue weighted by Crippen LogP contribution is -2.36. The minimum atomic E-state index is -0.372. The van der Waals surface area contributed by atoms with E-state index in [1.165, 1.54) is 0 Å². The first-order chi connectivity index (χ1) is 11.2. The molecule has 1 aliphatic rings. The van der Waals surface area contributed by atoms with E-state index >= 15 is 0 Å². The van der Waals surface area contributed by atoms with Gasteiger partial charge in [-0.2, -0.15) is 0 Å². The van der Waals surface area contributed by atoms with Gasteiger partial charge < -0.3 is 10.1 Å². The largest absolute Gasteiger partial charge is 0.455 e. The van der Waals surface area contributed by atoms with Gasteiger partial charge in [-0.05, 0) is 29.2 Å². The minimum Gasteiger partial charge on any atom is -0.455 e. The summed E-state index contributed by atoms with van der Waals surface area (Å²) < 4.78 is 5.12. The molecule has 1 fully saturated rings. The van der Waals surface area contributed by atoms with Crippen molar-refractivity contribution in [3.8, 4) is 0 Å². The number of fused-ring (bicyclic) bond motifs is 1. The smallest absolute Gasteiger partial charge is 0.310 e. The number of hydrogen-bond donors (Lipinski definition) is 1. The van der Waals surface area contributed by atoms with Gasteiger partial charge >= 0.3 is 5.97 Å². The second-order valence-electron chi connectivity index (χ2n) is 6.02. The van der Waals surface area contributed by atoms with E-state index < -0.39 is 0 Å². The van der Waals surface area contributed by atoms with E-state index in [9.17, 15) is 9.59 Å². The Labute approximate surface area is 135 Å². The van der Waals surface area contributed by atoms with Crippen LogP contribution in [0.15, 0.2) is 42.5 Å². The van der Waals surface area contributed by atoms with Gasteiger partial charge in [0, 0.05) is 6.04 Å². The highest BCUT2D eigenvalue weighted by molar-refractivity contribution is 5.89. The first-order valence-corrected chi connectivity index (χ1v) is 8.14. The van der Waals surface area contributed by atoms with Gasteiger partial charge in [0.15, 0.2) is 6.61 Å². The molecule has 0 saturated heterocycles. The number of ether oxygens (including phenoxy) is 1. The second-order valence-corrected chi connectivity index (χ2v) is 6.02. The summed E-state index contributed by atoms with van der Waals surface area (Å²) in [5, 5.41) is 5.05. The van der Waals surface area contributed by atoms with E-state index in [1.807, 2.05) is 42.5 Å². The van der Waals surface area contributed by atoms with Crippen LogP contribution in [-0.2, 0) is 20.7 Å². The maximum Gasteiger partial charge on any atom is 0.310 e. The van der Waals surface area contributed by atoms with E-state index in [4.69, 9.17) is 4.74 Å². The zero-order chi connectivity index (χ0) is 16.1. The summed E-state index contributed by atoms with van der Waals surface area (Å²) in [5.41, 5.74) is 0.921. The Morgan fingerprint density at radius 1 is 1.04 bits per heavy atom. The summed E-state index contributed by atoms with van der Waals surface area (Å²) in [6.45, 7) is -0.194. The number of esters is 1. The van der Waals surface area contributed by atoms with Crippen molar-refractivity contribution in [3.05, 3.63) is 48.0 Å². The van der Waals surface area contributed by atoms with Crippen LogP contribution in [0.2, 0.25) is 0 Å². The van der Waals surface area contributed by atoms with Crippen molar-refractivity contribution in [3.63, 3.8) is 0 Å². The third-order valence-corrected chi connectivity index (χ3v) is 4.30. The fraction of sp³-hybridized carbons (Fsp3) is 0.368. The molecule has 120 valence electrons. The van der Waals surface area contributed by atoms with Crippen molar-refractivity contribution in [2.24, 2.45) is 0 Å². The molecule has 1 aliphatic carbocycles. The van der Waals surface area contributed by atoms with Crippen LogP contribution in [0, 0.1) is 0 Å². The van der Waals surface area contributed by atoms with Gasteiger partial charge in [0.2, 0.25) is 0 Å². The summed E-state index contributed by atoms with van der Waals surface area (Å²) in [7, 11) is 0. The molecule has 0 radical (unpaired) electrons. The van der Waals surface area contributed by atoms with Crippen LogP contribution in [0.5, 0.6) is 0 Å². The molecule has 0 unspecified atom stereocenters. The molecule has 4 nitrogen and oxygen atoms in total. The highest BCUT2D eigenvalue weighted by Crippen LogP contribution is 2.19. The summed E-state index contributed by atoms with van der Waals surface area (Å²) in [5.74, 6) is -0.578. The summed E-state index contributed by atoms with van der Waals surface area (Å²) in [6.07, 6.45) is 4.54. The van der Waals surface area contributed by atoms with Crippen molar-refractivity contribution >= 4 is 22.6 Å². The predicted octanol–water partition coefficient (Wildman–Crippen LogP) is 2.98. The lowest BCUT2D eigenvalue weighted by Gasteiger charge is -2.12. The molecule has 1 amide bonds. The predicted molar refractivity (Wildman–Crippen MR) is 89.0 cm³/mol. The number of amides is 1. The molecule has 23 heavy (non-hydrogen) atoms. The lowest BCUT2D eigenvalue weighted by atomic mass is 10.0. The number of hydrogen-bond acceptors (Lipinski definition) is 3. The summed E-state index contributed by atoms with van der Waals surface area (Å²) in [6, 6.07) is 14.0. The number of benzene rings is 2. The summed E-state index contributed by atoms with van der Waals surface area (Å²) >= 11 is 0. The number of nitrogens with one attached hydrogen (secondary N) is 1. The average Bonchev–Trinajstić information content (AvgIpc) is 3.06. The van der Waals surface area contributed by atoms with Gasteiger partial charge in [-0.15, -0.1) is 0 Å². The molecule has 2 aromatic carbocycles. The zero-order valence-electron chi connectivity index (χ0n) is 13.1. The fourth-order valence-electron chi connectivity index (χ4n) is 3.14. The van der Waals surface area contributed by atoms with E-state index in [0.29, 0.717) is 0 Å². The first kappa shape index (κ1) is 15.5. The fourth-order valence-corrected chi connectivity index (χ4v) is 3.14. The van der Waals surface area contributed by atoms with Crippen LogP contribution in [-0.4, -0.2) is 24.5 Å². The van der Waals surface area contributed by atoms with Crippen molar-refractivity contribution in [1.82, 2.24) is 5.32 Å². The Balaban J connectivity index is 1.53. The second kappa shape index (κ2) is 7.27. The van der Waals surface area contributed by atoms with Crippen molar-refractivity contribution in [2.45, 2.75) is 38.1 Å². The van der Waals surface area contributed by atoms with Gasteiger partial charge in [0.05, 0.1) is 6.42 Å². The molecular weight excluding hydrogens is 290 g/mol. The molecule has 1 saturated carbocycles. The van der Waals surface area contributed by atoms with Gasteiger partial charge in [0.1, 0.15) is 0 Å². The van der Waals surface area contributed by atoms with Crippen LogP contribution < -0.4 is 5.32 Å². The minimum absolute atomic E-state index is 0.179. The molecule has 2 aromatic rings. The number of carbonyl (C=O) groups excluding carboxylic acids is 2. The molecule has 0 aliphatic heterocycles. The van der Waals surface area contributed by atoms with Gasteiger partial charge in [-0.1, -0.05) is 55.3 Å². The van der Waals surface area contributed by atoms with Gasteiger partial charge in [-0.3, -0.25) is 9.59 Å². The Hall–Kier alpha value is -2.36. The molecule has 4 heteroatoms. The topological polar surface area (TPSA) is 55.4 Å². The lowest BCUT2D eigenvalue weighted by molar-refractivity contribution is -0.148. The van der Waals surface area contributed by atoms with Crippen LogP contribution in [0.4, 0.5) is 0 Å². The van der Waals surface area contributed by atoms with E-state index in [1.54, 1.807) is 0 Å². The van der Waals surface area contributed by atoms with Crippen LogP contribution >= 0.6 is 0 Å². The Morgan fingerprint density at radius 2 is 1.78 bits per heavy atom. The third-order valence-electron chi connectivity index (χ3n) is 4.30. The van der Waals surface area contributed by atoms with Crippen molar-refractivity contribution < 1.29 is 14.3 Å². The Kier molecular flexibility index (Phi) is 4.91. The third kappa shape index (κ3) is 4.09. The van der Waals surface area contributed by atoms with Crippen LogP contribution in [0.1, 0.15) is 31.2 Å². The van der Waals surface area contributed by atoms with E-state index in [0.717, 1.165) is 42.0 Å². The Morgan fingerprint density at radius 3 is 2.61 bits per heavy atom. The molecule has 0 bridgehead atoms. The molecule has 1 N–H and O–H groups in total. The molecule has 0 atom stereocenters. The molecule has 0 spiro atoms. The molecule has 0 heterocycles. The highest BCUT2D eigenvalue weighted by Gasteiger charge is 2.18. The average molecular weight is 311 g/mol. The van der Waals surface area contributed by atoms with Gasteiger partial charge in [-0.25, -0.2) is 0 Å². The van der Waals surface area contributed by atoms with Gasteiger partial charge in [0.25, 0.3) is 5.91 Å². The normalized spacial score (nSPS) is 14.8. The summed E-state index contributed by atoms with van der Waals surface area (Å²) in [4.78, 5) is 23.8. The van der Waals surface area contributed by atoms with Crippen LogP contribution in [0.3, 0.4) is 0 Å². The maximum atomic E-state index is 12.0. The first-order valence-electron chi connectivity index (χ1n) is 8.14. The highest BCUT2D eigenvalue weighted by atomic mass is 16.5. The zero-order valence-corrected chi connectivity index (χ0v) is 13.1. The maximum absolute atomic E-state index is 12.0. The quantitative estimate of drug-likeness (QED) is 0.864. The monoisotopic (exact) mass is 311 g/mol. The SMILES string of the molecule is O=C(COC(=O)Cc1cccc2ccccc12)NC1CCCC1. The number of rotatable bonds is 5. The molecule has 3 rings (SSSR count). The molecule has 0 aromatic heterocycles.